The number of ether oxygens (including phenoxy) is 1. The van der Waals surface area contributed by atoms with Gasteiger partial charge in [0.2, 0.25) is 0 Å². The van der Waals surface area contributed by atoms with Crippen molar-refractivity contribution in [2.24, 2.45) is 4.99 Å². The molecule has 1 saturated heterocycles. The van der Waals surface area contributed by atoms with Gasteiger partial charge in [-0.3, -0.25) is 9.69 Å². The summed E-state index contributed by atoms with van der Waals surface area (Å²) in [5.74, 6) is 0.732. The molecule has 0 saturated carbocycles. The van der Waals surface area contributed by atoms with E-state index in [9.17, 15) is 4.79 Å². The van der Waals surface area contributed by atoms with Crippen molar-refractivity contribution in [3.63, 3.8) is 0 Å². The fourth-order valence-corrected chi connectivity index (χ4v) is 5.15. The molecule has 192 valence electrons. The molecule has 1 amide bonds. The van der Waals surface area contributed by atoms with Gasteiger partial charge in [-0.1, -0.05) is 82.5 Å². The van der Waals surface area contributed by atoms with Crippen LogP contribution in [0.3, 0.4) is 0 Å². The van der Waals surface area contributed by atoms with E-state index in [2.05, 4.69) is 45.0 Å². The van der Waals surface area contributed by atoms with Gasteiger partial charge in [0.15, 0.2) is 5.17 Å². The number of aliphatic imine (C=N–C) groups is 1. The van der Waals surface area contributed by atoms with Crippen LogP contribution in [0.2, 0.25) is 0 Å². The van der Waals surface area contributed by atoms with E-state index in [4.69, 9.17) is 9.73 Å². The van der Waals surface area contributed by atoms with Crippen LogP contribution in [0.5, 0.6) is 5.75 Å². The number of unbranched alkanes of at least 4 members (excludes halogenated alkanes) is 3. The molecule has 0 unspecified atom stereocenters. The molecular weight excluding hydrogens is 476 g/mol. The Balaban J connectivity index is 1.65. The van der Waals surface area contributed by atoms with E-state index in [1.807, 2.05) is 54.6 Å². The summed E-state index contributed by atoms with van der Waals surface area (Å²) in [5.41, 5.74) is 5.06. The predicted molar refractivity (Wildman–Crippen MR) is 158 cm³/mol. The molecule has 0 spiro atoms. The fourth-order valence-electron chi connectivity index (χ4n) is 4.16. The Hall–Kier alpha value is -3.31. The average molecular weight is 513 g/mol. The second kappa shape index (κ2) is 13.3. The van der Waals surface area contributed by atoms with Crippen LogP contribution < -0.4 is 9.64 Å². The second-order valence-corrected chi connectivity index (χ2v) is 10.1. The zero-order valence-corrected chi connectivity index (χ0v) is 22.9. The molecule has 1 aliphatic rings. The lowest BCUT2D eigenvalue weighted by molar-refractivity contribution is -0.113. The number of rotatable bonds is 11. The van der Waals surface area contributed by atoms with Gasteiger partial charge in [0, 0.05) is 5.56 Å². The van der Waals surface area contributed by atoms with Crippen LogP contribution in [-0.4, -0.2) is 17.7 Å². The van der Waals surface area contributed by atoms with Gasteiger partial charge < -0.3 is 4.74 Å². The van der Waals surface area contributed by atoms with E-state index in [0.29, 0.717) is 16.7 Å². The highest BCUT2D eigenvalue weighted by atomic mass is 32.2. The number of hydrogen-bond acceptors (Lipinski definition) is 4. The highest BCUT2D eigenvalue weighted by Gasteiger charge is 2.35. The summed E-state index contributed by atoms with van der Waals surface area (Å²) in [6.07, 6.45) is 8.48. The first-order valence-electron chi connectivity index (χ1n) is 13.3. The quantitative estimate of drug-likeness (QED) is 0.191. The third kappa shape index (κ3) is 6.92. The second-order valence-electron chi connectivity index (χ2n) is 9.13. The highest BCUT2D eigenvalue weighted by Crippen LogP contribution is 2.38. The summed E-state index contributed by atoms with van der Waals surface area (Å²) in [5, 5.41) is 0.655. The molecule has 0 atom stereocenters. The van der Waals surface area contributed by atoms with Gasteiger partial charge in [-0.25, -0.2) is 4.99 Å². The Morgan fingerprint density at radius 2 is 1.51 bits per heavy atom. The van der Waals surface area contributed by atoms with Crippen LogP contribution in [0, 0.1) is 0 Å². The van der Waals surface area contributed by atoms with Crippen molar-refractivity contribution in [3.8, 4) is 5.75 Å². The fraction of sp³-hybridized carbons (Fsp3) is 0.312. The van der Waals surface area contributed by atoms with Crippen molar-refractivity contribution in [1.82, 2.24) is 0 Å². The standard InChI is InChI=1S/C32H36N2O2S/c1-4-7-8-11-22-36-29-13-10-9-12-26(29)23-30-31(35)34(28-20-16-25(6-3)17-21-28)32(37-30)33-27-18-14-24(5-2)15-19-27/h9-10,12-21,23H,4-8,11,22H2,1-3H3/b30-23+,33-32?. The van der Waals surface area contributed by atoms with Gasteiger partial charge >= 0.3 is 0 Å². The van der Waals surface area contributed by atoms with Crippen LogP contribution in [0.25, 0.3) is 6.08 Å². The topological polar surface area (TPSA) is 41.9 Å². The highest BCUT2D eigenvalue weighted by molar-refractivity contribution is 8.19. The largest absolute Gasteiger partial charge is 0.493 e. The maximum Gasteiger partial charge on any atom is 0.271 e. The molecule has 0 bridgehead atoms. The maximum absolute atomic E-state index is 13.7. The van der Waals surface area contributed by atoms with E-state index in [1.165, 1.54) is 42.2 Å². The predicted octanol–water partition coefficient (Wildman–Crippen LogP) is 8.58. The third-order valence-electron chi connectivity index (χ3n) is 6.44. The average Bonchev–Trinajstić information content (AvgIpc) is 3.23. The first-order chi connectivity index (χ1) is 18.1. The maximum atomic E-state index is 13.7. The molecule has 3 aromatic rings. The molecule has 4 rings (SSSR count). The molecule has 0 radical (unpaired) electrons. The molecule has 0 N–H and O–H groups in total. The molecule has 3 aromatic carbocycles. The summed E-state index contributed by atoms with van der Waals surface area (Å²) >= 11 is 1.41. The number of thioether (sulfide) groups is 1. The molecule has 1 heterocycles. The van der Waals surface area contributed by atoms with Crippen LogP contribution in [-0.2, 0) is 17.6 Å². The minimum atomic E-state index is -0.0732. The lowest BCUT2D eigenvalue weighted by atomic mass is 10.1. The summed E-state index contributed by atoms with van der Waals surface area (Å²) in [6, 6.07) is 24.3. The minimum absolute atomic E-state index is 0.0732. The van der Waals surface area contributed by atoms with E-state index in [-0.39, 0.29) is 5.91 Å². The molecule has 0 aromatic heterocycles. The van der Waals surface area contributed by atoms with Gasteiger partial charge in [-0.2, -0.15) is 0 Å². The normalized spacial score (nSPS) is 15.6. The van der Waals surface area contributed by atoms with Gasteiger partial charge in [0.25, 0.3) is 5.91 Å². The van der Waals surface area contributed by atoms with Crippen molar-refractivity contribution in [3.05, 3.63) is 94.4 Å². The van der Waals surface area contributed by atoms with Crippen LogP contribution in [0.1, 0.15) is 63.1 Å². The van der Waals surface area contributed by atoms with E-state index in [1.54, 1.807) is 4.90 Å². The van der Waals surface area contributed by atoms with Crippen molar-refractivity contribution in [1.29, 1.82) is 0 Å². The van der Waals surface area contributed by atoms with Gasteiger partial charge in [-0.15, -0.1) is 0 Å². The van der Waals surface area contributed by atoms with E-state index in [0.717, 1.165) is 42.0 Å². The monoisotopic (exact) mass is 512 g/mol. The third-order valence-corrected chi connectivity index (χ3v) is 7.41. The lowest BCUT2D eigenvalue weighted by Gasteiger charge is -2.16. The SMILES string of the molecule is CCCCCCOc1ccccc1/C=C1/SC(=Nc2ccc(CC)cc2)N(c2ccc(CC)cc2)C1=O. The van der Waals surface area contributed by atoms with Crippen molar-refractivity contribution in [2.45, 2.75) is 59.3 Å². The minimum Gasteiger partial charge on any atom is -0.493 e. The number of amides is 1. The zero-order valence-electron chi connectivity index (χ0n) is 22.1. The molecule has 4 nitrogen and oxygen atoms in total. The van der Waals surface area contributed by atoms with Crippen LogP contribution in [0.15, 0.2) is 82.7 Å². The molecule has 37 heavy (non-hydrogen) atoms. The number of carbonyl (C=O) groups excluding carboxylic acids is 1. The number of hydrogen-bond donors (Lipinski definition) is 0. The van der Waals surface area contributed by atoms with Crippen molar-refractivity contribution < 1.29 is 9.53 Å². The summed E-state index contributed by atoms with van der Waals surface area (Å²) in [4.78, 5) is 21.0. The Labute approximate surface area is 225 Å². The molecule has 0 aliphatic carbocycles. The molecular formula is C32H36N2O2S. The smallest absolute Gasteiger partial charge is 0.271 e. The number of para-hydroxylation sites is 1. The Morgan fingerprint density at radius 1 is 0.838 bits per heavy atom. The van der Waals surface area contributed by atoms with Gasteiger partial charge in [-0.05, 0) is 78.6 Å². The summed E-state index contributed by atoms with van der Waals surface area (Å²) in [7, 11) is 0. The van der Waals surface area contributed by atoms with Crippen molar-refractivity contribution in [2.75, 3.05) is 11.5 Å². The number of aryl methyl sites for hydroxylation is 2. The summed E-state index contributed by atoms with van der Waals surface area (Å²) < 4.78 is 6.10. The Morgan fingerprint density at radius 3 is 2.19 bits per heavy atom. The number of nitrogens with zero attached hydrogens (tertiary/aromatic N) is 2. The van der Waals surface area contributed by atoms with Crippen LogP contribution in [0.4, 0.5) is 11.4 Å². The number of carbonyl (C=O) groups is 1. The van der Waals surface area contributed by atoms with E-state index >= 15 is 0 Å². The van der Waals surface area contributed by atoms with Crippen molar-refractivity contribution >= 4 is 40.3 Å². The molecule has 5 heteroatoms. The van der Waals surface area contributed by atoms with Crippen LogP contribution >= 0.6 is 11.8 Å². The van der Waals surface area contributed by atoms with Gasteiger partial charge in [0.1, 0.15) is 5.75 Å². The van der Waals surface area contributed by atoms with E-state index < -0.39 is 0 Å². The lowest BCUT2D eigenvalue weighted by Crippen LogP contribution is -2.28. The molecule has 1 aliphatic heterocycles. The Kier molecular flexibility index (Phi) is 9.61. The first kappa shape index (κ1) is 26.7. The van der Waals surface area contributed by atoms with Gasteiger partial charge in [0.05, 0.1) is 22.9 Å². The number of benzene rings is 3. The number of anilines is 1. The Bertz CT molecular complexity index is 1250. The number of amidine groups is 1. The summed E-state index contributed by atoms with van der Waals surface area (Å²) in [6.45, 7) is 7.15. The first-order valence-corrected chi connectivity index (χ1v) is 14.2. The molecule has 1 fully saturated rings. The zero-order chi connectivity index (χ0) is 26.0.